The quantitative estimate of drug-likeness (QED) is 0.572. The predicted molar refractivity (Wildman–Crippen MR) is 103 cm³/mol. The number of nitrogens with zero attached hydrogens (tertiary/aromatic N) is 2. The van der Waals surface area contributed by atoms with E-state index in [1.165, 1.54) is 0 Å². The average Bonchev–Trinajstić information content (AvgIpc) is 2.66. The van der Waals surface area contributed by atoms with Crippen molar-refractivity contribution in [2.24, 2.45) is 4.99 Å². The Morgan fingerprint density at radius 3 is 3.00 bits per heavy atom. The van der Waals surface area contributed by atoms with E-state index in [9.17, 15) is 4.21 Å². The molecule has 3 unspecified atom stereocenters. The van der Waals surface area contributed by atoms with Crippen molar-refractivity contribution < 1.29 is 8.95 Å². The van der Waals surface area contributed by atoms with Crippen LogP contribution in [0.4, 0.5) is 0 Å². The molecule has 0 bridgehead atoms. The molecule has 1 aliphatic rings. The van der Waals surface area contributed by atoms with E-state index < -0.39 is 10.8 Å². The zero-order valence-corrected chi connectivity index (χ0v) is 16.3. The van der Waals surface area contributed by atoms with Gasteiger partial charge in [0, 0.05) is 46.7 Å². The van der Waals surface area contributed by atoms with Gasteiger partial charge < -0.3 is 15.4 Å². The first-order valence-electron chi connectivity index (χ1n) is 9.07. The minimum Gasteiger partial charge on any atom is -0.481 e. The van der Waals surface area contributed by atoms with Gasteiger partial charge in [0.05, 0.1) is 13.7 Å². The summed E-state index contributed by atoms with van der Waals surface area (Å²) in [5.74, 6) is 2.16. The first-order valence-corrected chi connectivity index (χ1v) is 10.4. The molecule has 1 aliphatic carbocycles. The fourth-order valence-corrected chi connectivity index (χ4v) is 4.44. The Labute approximate surface area is 153 Å². The second-order valence-corrected chi connectivity index (χ2v) is 8.21. The van der Waals surface area contributed by atoms with Gasteiger partial charge in [-0.3, -0.25) is 4.21 Å². The fourth-order valence-electron chi connectivity index (χ4n) is 3.09. The maximum atomic E-state index is 12.1. The third-order valence-electron chi connectivity index (χ3n) is 4.40. The first kappa shape index (κ1) is 19.7. The summed E-state index contributed by atoms with van der Waals surface area (Å²) in [7, 11) is 0.901. The summed E-state index contributed by atoms with van der Waals surface area (Å²) < 4.78 is 17.3. The van der Waals surface area contributed by atoms with Gasteiger partial charge in [-0.25, -0.2) is 9.98 Å². The molecule has 1 aromatic heterocycles. The van der Waals surface area contributed by atoms with E-state index in [2.05, 4.69) is 27.5 Å². The second kappa shape index (κ2) is 10.4. The van der Waals surface area contributed by atoms with E-state index in [1.54, 1.807) is 13.3 Å². The predicted octanol–water partition coefficient (Wildman–Crippen LogP) is 2.23. The molecule has 2 rings (SSSR count). The highest BCUT2D eigenvalue weighted by Gasteiger charge is 2.25. The third-order valence-corrected chi connectivity index (χ3v) is 6.14. The molecule has 6 nitrogen and oxygen atoms in total. The van der Waals surface area contributed by atoms with Crippen LogP contribution in [-0.4, -0.2) is 45.9 Å². The number of guanidine groups is 1. The summed E-state index contributed by atoms with van der Waals surface area (Å²) in [6.45, 7) is 5.43. The Morgan fingerprint density at radius 1 is 1.44 bits per heavy atom. The molecule has 7 heteroatoms. The minimum absolute atomic E-state index is 0.309. The van der Waals surface area contributed by atoms with Gasteiger partial charge in [0.2, 0.25) is 5.88 Å². The van der Waals surface area contributed by atoms with Crippen molar-refractivity contribution in [2.45, 2.75) is 57.4 Å². The second-order valence-electron chi connectivity index (χ2n) is 6.20. The fraction of sp³-hybridized carbons (Fsp3) is 0.667. The SMILES string of the molecule is CCNC(=NCc1ccnc(OC)c1)NC1CCCC(S(=O)CC)C1. The lowest BCUT2D eigenvalue weighted by Gasteiger charge is -2.30. The van der Waals surface area contributed by atoms with Crippen LogP contribution < -0.4 is 15.4 Å². The number of hydrogen-bond donors (Lipinski definition) is 2. The molecule has 2 N–H and O–H groups in total. The van der Waals surface area contributed by atoms with Crippen LogP contribution in [0.5, 0.6) is 5.88 Å². The lowest BCUT2D eigenvalue weighted by molar-refractivity contribution is 0.397. The summed E-state index contributed by atoms with van der Waals surface area (Å²) in [6.07, 6.45) is 5.98. The molecule has 25 heavy (non-hydrogen) atoms. The molecule has 1 saturated carbocycles. The van der Waals surface area contributed by atoms with E-state index in [4.69, 9.17) is 4.74 Å². The van der Waals surface area contributed by atoms with E-state index >= 15 is 0 Å². The van der Waals surface area contributed by atoms with Crippen LogP contribution in [0.25, 0.3) is 0 Å². The number of hydrogen-bond acceptors (Lipinski definition) is 4. The van der Waals surface area contributed by atoms with Gasteiger partial charge in [-0.05, 0) is 37.8 Å². The van der Waals surface area contributed by atoms with Crippen molar-refractivity contribution in [2.75, 3.05) is 19.4 Å². The van der Waals surface area contributed by atoms with Crippen molar-refractivity contribution >= 4 is 16.8 Å². The molecule has 1 fully saturated rings. The number of aromatic nitrogens is 1. The maximum Gasteiger partial charge on any atom is 0.213 e. The largest absolute Gasteiger partial charge is 0.481 e. The zero-order chi connectivity index (χ0) is 18.1. The molecule has 140 valence electrons. The van der Waals surface area contributed by atoms with Gasteiger partial charge in [-0.2, -0.15) is 0 Å². The molecule has 3 atom stereocenters. The van der Waals surface area contributed by atoms with E-state index in [0.29, 0.717) is 23.7 Å². The number of ether oxygens (including phenoxy) is 1. The number of pyridine rings is 1. The smallest absolute Gasteiger partial charge is 0.213 e. The lowest BCUT2D eigenvalue weighted by Crippen LogP contribution is -2.46. The summed E-state index contributed by atoms with van der Waals surface area (Å²) in [5, 5.41) is 7.13. The van der Waals surface area contributed by atoms with Gasteiger partial charge in [-0.15, -0.1) is 0 Å². The van der Waals surface area contributed by atoms with E-state index in [-0.39, 0.29) is 0 Å². The average molecular weight is 367 g/mol. The number of methoxy groups -OCH3 is 1. The Kier molecular flexibility index (Phi) is 8.18. The first-order chi connectivity index (χ1) is 12.2. The van der Waals surface area contributed by atoms with Crippen LogP contribution in [0, 0.1) is 0 Å². The molecule has 1 aromatic rings. The highest BCUT2D eigenvalue weighted by atomic mass is 32.2. The zero-order valence-electron chi connectivity index (χ0n) is 15.5. The molecule has 0 radical (unpaired) electrons. The highest BCUT2D eigenvalue weighted by Crippen LogP contribution is 2.23. The van der Waals surface area contributed by atoms with Crippen LogP contribution in [-0.2, 0) is 17.3 Å². The van der Waals surface area contributed by atoms with Crippen LogP contribution in [0.1, 0.15) is 45.1 Å². The van der Waals surface area contributed by atoms with E-state index in [1.807, 2.05) is 19.1 Å². The summed E-state index contributed by atoms with van der Waals surface area (Å²) in [4.78, 5) is 8.80. The van der Waals surface area contributed by atoms with Gasteiger partial charge >= 0.3 is 0 Å². The van der Waals surface area contributed by atoms with E-state index in [0.717, 1.165) is 49.5 Å². The van der Waals surface area contributed by atoms with Crippen molar-refractivity contribution in [3.8, 4) is 5.88 Å². The van der Waals surface area contributed by atoms with Crippen LogP contribution in [0.2, 0.25) is 0 Å². The lowest BCUT2D eigenvalue weighted by atomic mass is 9.95. The topological polar surface area (TPSA) is 75.6 Å². The van der Waals surface area contributed by atoms with Crippen molar-refractivity contribution in [1.82, 2.24) is 15.6 Å². The monoisotopic (exact) mass is 366 g/mol. The minimum atomic E-state index is -0.711. The van der Waals surface area contributed by atoms with Crippen LogP contribution >= 0.6 is 0 Å². The summed E-state index contributed by atoms with van der Waals surface area (Å²) in [5.41, 5.74) is 1.05. The Bertz CT molecular complexity index is 594. The van der Waals surface area contributed by atoms with Crippen molar-refractivity contribution in [1.29, 1.82) is 0 Å². The Morgan fingerprint density at radius 2 is 2.28 bits per heavy atom. The highest BCUT2D eigenvalue weighted by molar-refractivity contribution is 7.85. The van der Waals surface area contributed by atoms with Gasteiger partial charge in [0.15, 0.2) is 5.96 Å². The Balaban J connectivity index is 1.98. The maximum absolute atomic E-state index is 12.1. The Hall–Kier alpha value is -1.63. The third kappa shape index (κ3) is 6.30. The number of nitrogens with one attached hydrogen (secondary N) is 2. The van der Waals surface area contributed by atoms with Gasteiger partial charge in [0.1, 0.15) is 0 Å². The molecule has 0 saturated heterocycles. The molecule has 0 spiro atoms. The number of rotatable bonds is 7. The molecule has 0 aromatic carbocycles. The number of aliphatic imine (C=N–C) groups is 1. The molecule has 0 aliphatic heterocycles. The van der Waals surface area contributed by atoms with Gasteiger partial charge in [0.25, 0.3) is 0 Å². The molecule has 0 amide bonds. The summed E-state index contributed by atoms with van der Waals surface area (Å²) in [6, 6.07) is 4.17. The van der Waals surface area contributed by atoms with Crippen molar-refractivity contribution in [3.63, 3.8) is 0 Å². The van der Waals surface area contributed by atoms with Gasteiger partial charge in [-0.1, -0.05) is 13.3 Å². The standard InChI is InChI=1S/C18H30N4O2S/c1-4-19-18(21-13-14-9-10-20-17(11-14)24-3)22-15-7-6-8-16(12-15)25(23)5-2/h9-11,15-16H,4-8,12-13H2,1-3H3,(H2,19,21,22). The van der Waals surface area contributed by atoms with Crippen molar-refractivity contribution in [3.05, 3.63) is 23.9 Å². The van der Waals surface area contributed by atoms with Crippen LogP contribution in [0.3, 0.4) is 0 Å². The molecular formula is C18H30N4O2S. The molecular weight excluding hydrogens is 336 g/mol. The van der Waals surface area contributed by atoms with Crippen LogP contribution in [0.15, 0.2) is 23.3 Å². The summed E-state index contributed by atoms with van der Waals surface area (Å²) >= 11 is 0. The molecule has 1 heterocycles. The normalized spacial score (nSPS) is 22.3.